The van der Waals surface area contributed by atoms with Crippen molar-refractivity contribution in [3.05, 3.63) is 108 Å². The zero-order valence-corrected chi connectivity index (χ0v) is 18.3. The fourth-order valence-electron chi connectivity index (χ4n) is 3.50. The van der Waals surface area contributed by atoms with Gasteiger partial charge in [-0.25, -0.2) is 0 Å². The molecule has 0 bridgehead atoms. The molecule has 6 heteroatoms. The maximum atomic E-state index is 13.0. The first kappa shape index (κ1) is 20.9. The van der Waals surface area contributed by atoms with Gasteiger partial charge in [-0.15, -0.1) is 10.2 Å². The molecule has 4 aromatic rings. The third-order valence-electron chi connectivity index (χ3n) is 5.25. The van der Waals surface area contributed by atoms with Gasteiger partial charge in [0.1, 0.15) is 6.33 Å². The van der Waals surface area contributed by atoms with E-state index in [2.05, 4.69) is 15.5 Å². The van der Waals surface area contributed by atoms with Gasteiger partial charge >= 0.3 is 0 Å². The third-order valence-corrected chi connectivity index (χ3v) is 6.20. The molecule has 0 saturated heterocycles. The van der Waals surface area contributed by atoms with E-state index in [4.69, 9.17) is 0 Å². The largest absolute Gasteiger partial charge is 0.342 e. The Morgan fingerprint density at radius 2 is 1.52 bits per heavy atom. The molecule has 1 aromatic heterocycles. The fraction of sp³-hybridized carbons (Fsp3) is 0.160. The SMILES string of the molecule is Cc1ccc(-n2cnnc2SCC(=O)NC(C)(c2ccccc2)c2ccccc2)cc1. The summed E-state index contributed by atoms with van der Waals surface area (Å²) in [6.45, 7) is 4.08. The Hall–Kier alpha value is -3.38. The number of amides is 1. The van der Waals surface area contributed by atoms with Crippen LogP contribution in [0.5, 0.6) is 0 Å². The van der Waals surface area contributed by atoms with Crippen molar-refractivity contribution in [1.82, 2.24) is 20.1 Å². The topological polar surface area (TPSA) is 59.8 Å². The molecule has 0 unspecified atom stereocenters. The van der Waals surface area contributed by atoms with Crippen LogP contribution >= 0.6 is 11.8 Å². The van der Waals surface area contributed by atoms with Gasteiger partial charge in [-0.2, -0.15) is 0 Å². The van der Waals surface area contributed by atoms with E-state index in [0.29, 0.717) is 5.16 Å². The van der Waals surface area contributed by atoms with Crippen LogP contribution in [0.4, 0.5) is 0 Å². The van der Waals surface area contributed by atoms with Crippen LogP contribution in [0, 0.1) is 6.92 Å². The van der Waals surface area contributed by atoms with Crippen LogP contribution in [0.15, 0.2) is 96.4 Å². The molecule has 4 rings (SSSR count). The van der Waals surface area contributed by atoms with Crippen molar-refractivity contribution in [3.63, 3.8) is 0 Å². The van der Waals surface area contributed by atoms with Crippen molar-refractivity contribution in [2.75, 3.05) is 5.75 Å². The summed E-state index contributed by atoms with van der Waals surface area (Å²) in [5.74, 6) is 0.165. The Morgan fingerprint density at radius 1 is 0.935 bits per heavy atom. The van der Waals surface area contributed by atoms with Gasteiger partial charge in [0.25, 0.3) is 0 Å². The number of nitrogens with zero attached hydrogens (tertiary/aromatic N) is 3. The number of aromatic nitrogens is 3. The normalized spacial score (nSPS) is 11.3. The number of hydrogen-bond donors (Lipinski definition) is 1. The van der Waals surface area contributed by atoms with Crippen LogP contribution in [0.1, 0.15) is 23.6 Å². The number of hydrogen-bond acceptors (Lipinski definition) is 4. The number of nitrogens with one attached hydrogen (secondary N) is 1. The molecule has 0 radical (unpaired) electrons. The summed E-state index contributed by atoms with van der Waals surface area (Å²) in [5, 5.41) is 12.1. The predicted octanol–water partition coefficient (Wildman–Crippen LogP) is 4.75. The number of rotatable bonds is 7. The Labute approximate surface area is 186 Å². The molecular weight excluding hydrogens is 404 g/mol. The second-order valence-corrected chi connectivity index (χ2v) is 8.46. The molecule has 1 N–H and O–H groups in total. The van der Waals surface area contributed by atoms with Crippen molar-refractivity contribution in [2.24, 2.45) is 0 Å². The highest BCUT2D eigenvalue weighted by molar-refractivity contribution is 7.99. The minimum Gasteiger partial charge on any atom is -0.342 e. The molecule has 1 amide bonds. The quantitative estimate of drug-likeness (QED) is 0.432. The van der Waals surface area contributed by atoms with Gasteiger partial charge in [0.2, 0.25) is 5.91 Å². The molecule has 0 fully saturated rings. The molecule has 5 nitrogen and oxygen atoms in total. The summed E-state index contributed by atoms with van der Waals surface area (Å²) < 4.78 is 1.89. The first-order valence-electron chi connectivity index (χ1n) is 10.1. The number of carbonyl (C=O) groups is 1. The zero-order chi connectivity index (χ0) is 21.7. The molecule has 31 heavy (non-hydrogen) atoms. The fourth-order valence-corrected chi connectivity index (χ4v) is 4.23. The van der Waals surface area contributed by atoms with Crippen LogP contribution in [0.2, 0.25) is 0 Å². The molecule has 156 valence electrons. The van der Waals surface area contributed by atoms with E-state index in [1.54, 1.807) is 6.33 Å². The molecule has 0 aliphatic carbocycles. The lowest BCUT2D eigenvalue weighted by atomic mass is 9.84. The lowest BCUT2D eigenvalue weighted by molar-refractivity contribution is -0.120. The van der Waals surface area contributed by atoms with Crippen molar-refractivity contribution < 1.29 is 4.79 Å². The molecule has 0 atom stereocenters. The van der Waals surface area contributed by atoms with Crippen LogP contribution in [-0.2, 0) is 10.3 Å². The monoisotopic (exact) mass is 428 g/mol. The Bertz CT molecular complexity index is 1100. The van der Waals surface area contributed by atoms with Crippen molar-refractivity contribution in [1.29, 1.82) is 0 Å². The highest BCUT2D eigenvalue weighted by Gasteiger charge is 2.30. The summed E-state index contributed by atoms with van der Waals surface area (Å²) in [6.07, 6.45) is 1.67. The zero-order valence-electron chi connectivity index (χ0n) is 17.5. The van der Waals surface area contributed by atoms with Gasteiger partial charge in [0.05, 0.1) is 11.3 Å². The summed E-state index contributed by atoms with van der Waals surface area (Å²) in [7, 11) is 0. The summed E-state index contributed by atoms with van der Waals surface area (Å²) in [5.41, 5.74) is 3.58. The van der Waals surface area contributed by atoms with E-state index in [1.807, 2.05) is 103 Å². The second kappa shape index (κ2) is 9.18. The van der Waals surface area contributed by atoms with Gasteiger partial charge in [-0.3, -0.25) is 9.36 Å². The van der Waals surface area contributed by atoms with E-state index in [0.717, 1.165) is 16.8 Å². The average Bonchev–Trinajstić information content (AvgIpc) is 3.28. The van der Waals surface area contributed by atoms with Crippen LogP contribution in [0.3, 0.4) is 0 Å². The maximum Gasteiger partial charge on any atom is 0.231 e. The third kappa shape index (κ3) is 4.70. The van der Waals surface area contributed by atoms with Gasteiger partial charge in [-0.05, 0) is 37.1 Å². The minimum absolute atomic E-state index is 0.0707. The van der Waals surface area contributed by atoms with Crippen molar-refractivity contribution >= 4 is 17.7 Å². The van der Waals surface area contributed by atoms with E-state index >= 15 is 0 Å². The second-order valence-electron chi connectivity index (χ2n) is 7.51. The standard InChI is InChI=1S/C25H24N4OS/c1-19-13-15-22(16-14-19)29-18-26-28-24(29)31-17-23(30)27-25(2,20-9-5-3-6-10-20)21-11-7-4-8-12-21/h3-16,18H,17H2,1-2H3,(H,27,30). The predicted molar refractivity (Wildman–Crippen MR) is 124 cm³/mol. The molecular formula is C25H24N4OS. The van der Waals surface area contributed by atoms with Gasteiger partial charge in [-0.1, -0.05) is 90.1 Å². The number of carbonyl (C=O) groups excluding carboxylic acids is 1. The van der Waals surface area contributed by atoms with E-state index in [1.165, 1.54) is 17.3 Å². The van der Waals surface area contributed by atoms with Crippen LogP contribution < -0.4 is 5.32 Å². The molecule has 0 aliphatic rings. The molecule has 0 spiro atoms. The summed E-state index contributed by atoms with van der Waals surface area (Å²) in [6, 6.07) is 28.2. The molecule has 0 saturated carbocycles. The van der Waals surface area contributed by atoms with Crippen molar-refractivity contribution in [3.8, 4) is 5.69 Å². The highest BCUT2D eigenvalue weighted by atomic mass is 32.2. The first-order chi connectivity index (χ1) is 15.1. The van der Waals surface area contributed by atoms with E-state index < -0.39 is 5.54 Å². The highest BCUT2D eigenvalue weighted by Crippen LogP contribution is 2.29. The molecule has 3 aromatic carbocycles. The van der Waals surface area contributed by atoms with E-state index in [9.17, 15) is 4.79 Å². The molecule has 0 aliphatic heterocycles. The van der Waals surface area contributed by atoms with Gasteiger partial charge in [0.15, 0.2) is 5.16 Å². The van der Waals surface area contributed by atoms with E-state index in [-0.39, 0.29) is 11.7 Å². The number of benzene rings is 3. The number of thioether (sulfide) groups is 1. The minimum atomic E-state index is -0.634. The summed E-state index contributed by atoms with van der Waals surface area (Å²) in [4.78, 5) is 13.0. The number of aryl methyl sites for hydroxylation is 1. The van der Waals surface area contributed by atoms with Gasteiger partial charge in [0, 0.05) is 5.69 Å². The van der Waals surface area contributed by atoms with Crippen molar-refractivity contribution in [2.45, 2.75) is 24.5 Å². The van der Waals surface area contributed by atoms with Crippen LogP contribution in [-0.4, -0.2) is 26.4 Å². The van der Waals surface area contributed by atoms with Gasteiger partial charge < -0.3 is 5.32 Å². The maximum absolute atomic E-state index is 13.0. The Morgan fingerprint density at radius 3 is 2.10 bits per heavy atom. The first-order valence-corrected chi connectivity index (χ1v) is 11.1. The summed E-state index contributed by atoms with van der Waals surface area (Å²) >= 11 is 1.37. The molecule has 1 heterocycles. The Kier molecular flexibility index (Phi) is 6.18. The smallest absolute Gasteiger partial charge is 0.231 e. The lowest BCUT2D eigenvalue weighted by Crippen LogP contribution is -2.45. The lowest BCUT2D eigenvalue weighted by Gasteiger charge is -2.32. The Balaban J connectivity index is 1.51. The average molecular weight is 429 g/mol. The van der Waals surface area contributed by atoms with Crippen LogP contribution in [0.25, 0.3) is 5.69 Å².